The van der Waals surface area contributed by atoms with Gasteiger partial charge in [0.2, 0.25) is 0 Å². The summed E-state index contributed by atoms with van der Waals surface area (Å²) in [5.74, 6) is 3.94. The number of pyridine rings is 1. The second kappa shape index (κ2) is 6.41. The molecular weight excluding hydrogens is 272 g/mol. The maximum absolute atomic E-state index is 12.0. The Bertz CT molecular complexity index is 732. The number of phenolic OH excluding ortho intramolecular Hbond substituents is 2. The maximum Gasteiger partial charge on any atom is 0.260 e. The van der Waals surface area contributed by atoms with Gasteiger partial charge in [-0.25, -0.2) is 4.98 Å². The molecule has 1 amide bonds. The molecule has 0 aliphatic heterocycles. The van der Waals surface area contributed by atoms with Crippen LogP contribution in [0.1, 0.15) is 15.9 Å². The van der Waals surface area contributed by atoms with Crippen molar-refractivity contribution >= 4 is 11.7 Å². The third kappa shape index (κ3) is 3.49. The second-order valence-electron chi connectivity index (χ2n) is 4.02. The number of nitrogens with zero attached hydrogens (tertiary/aromatic N) is 1. The smallest absolute Gasteiger partial charge is 0.260 e. The fourth-order valence-corrected chi connectivity index (χ4v) is 1.62. The van der Waals surface area contributed by atoms with Gasteiger partial charge < -0.3 is 20.6 Å². The lowest BCUT2D eigenvalue weighted by atomic mass is 10.1. The van der Waals surface area contributed by atoms with Crippen LogP contribution in [-0.4, -0.2) is 32.8 Å². The third-order valence-corrected chi connectivity index (χ3v) is 2.57. The van der Waals surface area contributed by atoms with Crippen LogP contribution in [0, 0.1) is 11.8 Å². The Balaban J connectivity index is 2.22. The molecule has 4 N–H and O–H groups in total. The number of rotatable bonds is 2. The third-order valence-electron chi connectivity index (χ3n) is 2.57. The van der Waals surface area contributed by atoms with Crippen LogP contribution in [0.2, 0.25) is 0 Å². The number of anilines is 1. The summed E-state index contributed by atoms with van der Waals surface area (Å²) in [5, 5.41) is 30.1. The minimum Gasteiger partial charge on any atom is -0.504 e. The van der Waals surface area contributed by atoms with Gasteiger partial charge in [-0.05, 0) is 24.3 Å². The molecule has 1 aromatic heterocycles. The summed E-state index contributed by atoms with van der Waals surface area (Å²) < 4.78 is 0. The van der Waals surface area contributed by atoms with E-state index >= 15 is 0 Å². The fourth-order valence-electron chi connectivity index (χ4n) is 1.62. The number of aliphatic hydroxyl groups is 1. The van der Waals surface area contributed by atoms with Gasteiger partial charge in [0.05, 0.1) is 5.56 Å². The topological polar surface area (TPSA) is 103 Å². The van der Waals surface area contributed by atoms with Crippen LogP contribution in [0.4, 0.5) is 5.82 Å². The molecule has 0 aliphatic carbocycles. The standard InChI is InChI=1S/C15H12N2O4/c18-8-2-3-10-6-7-16-13(9-10)17-15(21)11-4-1-5-12(19)14(11)20/h1,4-7,9,18-20H,8H2,(H,16,17,21). The van der Waals surface area contributed by atoms with Crippen LogP contribution in [-0.2, 0) is 0 Å². The van der Waals surface area contributed by atoms with Gasteiger partial charge in [-0.15, -0.1) is 0 Å². The number of aromatic nitrogens is 1. The first kappa shape index (κ1) is 14.4. The number of phenols is 2. The van der Waals surface area contributed by atoms with Crippen molar-refractivity contribution in [2.45, 2.75) is 0 Å². The number of carbonyl (C=O) groups excluding carboxylic acids is 1. The highest BCUT2D eigenvalue weighted by molar-refractivity contribution is 6.06. The van der Waals surface area contributed by atoms with E-state index < -0.39 is 11.7 Å². The number of aromatic hydroxyl groups is 2. The van der Waals surface area contributed by atoms with Crippen molar-refractivity contribution in [3.63, 3.8) is 0 Å². The van der Waals surface area contributed by atoms with E-state index in [4.69, 9.17) is 5.11 Å². The summed E-state index contributed by atoms with van der Waals surface area (Å²) in [7, 11) is 0. The largest absolute Gasteiger partial charge is 0.504 e. The molecule has 21 heavy (non-hydrogen) atoms. The molecule has 0 radical (unpaired) electrons. The van der Waals surface area contributed by atoms with E-state index in [1.54, 1.807) is 6.07 Å². The quantitative estimate of drug-likeness (QED) is 0.488. The van der Waals surface area contributed by atoms with Crippen LogP contribution >= 0.6 is 0 Å². The van der Waals surface area contributed by atoms with Crippen molar-refractivity contribution in [1.29, 1.82) is 0 Å². The highest BCUT2D eigenvalue weighted by atomic mass is 16.3. The van der Waals surface area contributed by atoms with Gasteiger partial charge in [0.15, 0.2) is 11.5 Å². The Hall–Kier alpha value is -3.04. The van der Waals surface area contributed by atoms with Crippen molar-refractivity contribution < 1.29 is 20.1 Å². The first-order chi connectivity index (χ1) is 10.1. The lowest BCUT2D eigenvalue weighted by Gasteiger charge is -2.07. The minimum atomic E-state index is -0.608. The Morgan fingerprint density at radius 1 is 1.29 bits per heavy atom. The fraction of sp³-hybridized carbons (Fsp3) is 0.0667. The van der Waals surface area contributed by atoms with Crippen LogP contribution in [0.5, 0.6) is 11.5 Å². The molecular formula is C15H12N2O4. The molecule has 0 fully saturated rings. The Morgan fingerprint density at radius 2 is 2.10 bits per heavy atom. The van der Waals surface area contributed by atoms with E-state index in [1.165, 1.54) is 30.5 Å². The number of para-hydroxylation sites is 1. The van der Waals surface area contributed by atoms with Gasteiger partial charge in [0.25, 0.3) is 5.91 Å². The molecule has 2 rings (SSSR count). The molecule has 1 aromatic carbocycles. The molecule has 2 aromatic rings. The SMILES string of the molecule is O=C(Nc1cc(C#CCO)ccn1)c1cccc(O)c1O. The van der Waals surface area contributed by atoms with Gasteiger partial charge in [-0.3, -0.25) is 4.79 Å². The zero-order valence-electron chi connectivity index (χ0n) is 10.9. The van der Waals surface area contributed by atoms with E-state index in [1.807, 2.05) is 0 Å². The first-order valence-electron chi connectivity index (χ1n) is 6.00. The summed E-state index contributed by atoms with van der Waals surface area (Å²) in [5.41, 5.74) is 0.512. The molecule has 6 heteroatoms. The number of hydrogen-bond acceptors (Lipinski definition) is 5. The van der Waals surface area contributed by atoms with Gasteiger partial charge in [0, 0.05) is 11.8 Å². The van der Waals surface area contributed by atoms with Crippen LogP contribution in [0.3, 0.4) is 0 Å². The highest BCUT2D eigenvalue weighted by Crippen LogP contribution is 2.28. The summed E-state index contributed by atoms with van der Waals surface area (Å²) in [6.45, 7) is -0.263. The lowest BCUT2D eigenvalue weighted by molar-refractivity contribution is 0.102. The van der Waals surface area contributed by atoms with Crippen molar-refractivity contribution in [2.75, 3.05) is 11.9 Å². The summed E-state index contributed by atoms with van der Waals surface area (Å²) >= 11 is 0. The monoisotopic (exact) mass is 284 g/mol. The van der Waals surface area contributed by atoms with Crippen molar-refractivity contribution in [2.24, 2.45) is 0 Å². The van der Waals surface area contributed by atoms with Gasteiger partial charge in [-0.1, -0.05) is 17.9 Å². The van der Waals surface area contributed by atoms with Crippen molar-refractivity contribution in [1.82, 2.24) is 4.98 Å². The predicted molar refractivity (Wildman–Crippen MR) is 75.9 cm³/mol. The number of carbonyl (C=O) groups is 1. The molecule has 0 saturated carbocycles. The molecule has 0 bridgehead atoms. The lowest BCUT2D eigenvalue weighted by Crippen LogP contribution is -2.13. The number of aliphatic hydroxyl groups excluding tert-OH is 1. The van der Waals surface area contributed by atoms with Gasteiger partial charge in [-0.2, -0.15) is 0 Å². The van der Waals surface area contributed by atoms with Crippen LogP contribution < -0.4 is 5.32 Å². The number of nitrogens with one attached hydrogen (secondary N) is 1. The molecule has 106 valence electrons. The van der Waals surface area contributed by atoms with E-state index in [0.717, 1.165) is 0 Å². The normalized spacial score (nSPS) is 9.57. The number of amides is 1. The molecule has 0 aliphatic rings. The summed E-state index contributed by atoms with van der Waals surface area (Å²) in [4.78, 5) is 16.0. The van der Waals surface area contributed by atoms with E-state index in [0.29, 0.717) is 5.56 Å². The first-order valence-corrected chi connectivity index (χ1v) is 6.00. The number of benzene rings is 1. The zero-order valence-corrected chi connectivity index (χ0v) is 10.9. The average Bonchev–Trinajstić information content (AvgIpc) is 2.48. The van der Waals surface area contributed by atoms with Gasteiger partial charge >= 0.3 is 0 Å². The Kier molecular flexibility index (Phi) is 4.39. The predicted octanol–water partition coefficient (Wildman–Crippen LogP) is 1.09. The molecule has 0 spiro atoms. The van der Waals surface area contributed by atoms with Crippen LogP contribution in [0.25, 0.3) is 0 Å². The number of hydrogen-bond donors (Lipinski definition) is 4. The van der Waals surface area contributed by atoms with E-state index in [-0.39, 0.29) is 23.7 Å². The van der Waals surface area contributed by atoms with E-state index in [2.05, 4.69) is 22.1 Å². The average molecular weight is 284 g/mol. The van der Waals surface area contributed by atoms with Gasteiger partial charge in [0.1, 0.15) is 12.4 Å². The Labute approximate surface area is 120 Å². The van der Waals surface area contributed by atoms with Crippen molar-refractivity contribution in [3.05, 3.63) is 47.7 Å². The maximum atomic E-state index is 12.0. The second-order valence-corrected chi connectivity index (χ2v) is 4.02. The molecule has 0 unspecified atom stereocenters. The van der Waals surface area contributed by atoms with Crippen molar-refractivity contribution in [3.8, 4) is 23.3 Å². The zero-order chi connectivity index (χ0) is 15.2. The summed E-state index contributed by atoms with van der Waals surface area (Å²) in [6, 6.07) is 7.25. The van der Waals surface area contributed by atoms with E-state index in [9.17, 15) is 15.0 Å². The molecule has 1 heterocycles. The molecule has 0 atom stereocenters. The molecule has 6 nitrogen and oxygen atoms in total. The minimum absolute atomic E-state index is 0.0661. The van der Waals surface area contributed by atoms with Crippen LogP contribution in [0.15, 0.2) is 36.5 Å². The Morgan fingerprint density at radius 3 is 2.86 bits per heavy atom. The molecule has 0 saturated heterocycles. The summed E-state index contributed by atoms with van der Waals surface area (Å²) in [6.07, 6.45) is 1.46. The highest BCUT2D eigenvalue weighted by Gasteiger charge is 2.14.